The van der Waals surface area contributed by atoms with E-state index >= 15 is 0 Å². The van der Waals surface area contributed by atoms with Crippen LogP contribution in [-0.4, -0.2) is 17.0 Å². The Bertz CT molecular complexity index is 453. The molecule has 100 valence electrons. The fraction of sp³-hybridized carbons (Fsp3) is 0.500. The molecule has 0 aliphatic rings. The van der Waals surface area contributed by atoms with E-state index in [4.69, 9.17) is 15.4 Å². The maximum absolute atomic E-state index is 12.1. The number of oxime groups is 1. The zero-order valence-corrected chi connectivity index (χ0v) is 10.9. The standard InChI is InChI=1S/C12H19N3O3/c1-4-12(3,10(13)15-17)11(16)14-7-9-6-5-8(2)18-9/h5-6,17H,4,7H2,1-3H3,(H2,13,15)(H,14,16). The van der Waals surface area contributed by atoms with E-state index in [1.165, 1.54) is 0 Å². The molecule has 0 aliphatic carbocycles. The summed E-state index contributed by atoms with van der Waals surface area (Å²) in [6.07, 6.45) is 0.436. The highest BCUT2D eigenvalue weighted by atomic mass is 16.4. The molecule has 1 unspecified atom stereocenters. The second-order valence-electron chi connectivity index (χ2n) is 4.37. The van der Waals surface area contributed by atoms with Gasteiger partial charge in [-0.15, -0.1) is 0 Å². The Balaban J connectivity index is 2.69. The van der Waals surface area contributed by atoms with Gasteiger partial charge in [-0.3, -0.25) is 4.79 Å². The average Bonchev–Trinajstić information content (AvgIpc) is 2.79. The van der Waals surface area contributed by atoms with Crippen LogP contribution in [0.15, 0.2) is 21.7 Å². The second kappa shape index (κ2) is 5.57. The van der Waals surface area contributed by atoms with Crippen molar-refractivity contribution in [3.8, 4) is 0 Å². The second-order valence-corrected chi connectivity index (χ2v) is 4.37. The summed E-state index contributed by atoms with van der Waals surface area (Å²) in [6.45, 7) is 5.54. The quantitative estimate of drug-likeness (QED) is 0.319. The van der Waals surface area contributed by atoms with Crippen molar-refractivity contribution in [2.45, 2.75) is 33.7 Å². The first-order valence-corrected chi connectivity index (χ1v) is 5.75. The van der Waals surface area contributed by atoms with E-state index in [9.17, 15) is 4.79 Å². The van der Waals surface area contributed by atoms with Crippen LogP contribution in [0.4, 0.5) is 0 Å². The molecule has 0 bridgehead atoms. The number of carbonyl (C=O) groups is 1. The van der Waals surface area contributed by atoms with Gasteiger partial charge in [0, 0.05) is 0 Å². The fourth-order valence-electron chi connectivity index (χ4n) is 1.51. The van der Waals surface area contributed by atoms with Crippen LogP contribution in [0.25, 0.3) is 0 Å². The Morgan fingerprint density at radius 1 is 1.61 bits per heavy atom. The van der Waals surface area contributed by atoms with Gasteiger partial charge in [-0.05, 0) is 32.4 Å². The van der Waals surface area contributed by atoms with Crippen LogP contribution in [0.3, 0.4) is 0 Å². The minimum Gasteiger partial charge on any atom is -0.465 e. The molecule has 0 saturated heterocycles. The number of hydrogen-bond donors (Lipinski definition) is 3. The molecule has 0 aromatic carbocycles. The zero-order valence-electron chi connectivity index (χ0n) is 10.9. The molecule has 1 rings (SSSR count). The van der Waals surface area contributed by atoms with Crippen molar-refractivity contribution in [3.05, 3.63) is 23.7 Å². The first kappa shape index (κ1) is 14.1. The molecule has 1 amide bonds. The smallest absolute Gasteiger partial charge is 0.234 e. The summed E-state index contributed by atoms with van der Waals surface area (Å²) < 4.78 is 5.34. The number of carbonyl (C=O) groups excluding carboxylic acids is 1. The lowest BCUT2D eigenvalue weighted by Gasteiger charge is -2.24. The Morgan fingerprint density at radius 3 is 2.72 bits per heavy atom. The molecule has 0 radical (unpaired) electrons. The largest absolute Gasteiger partial charge is 0.465 e. The minimum atomic E-state index is -1.02. The van der Waals surface area contributed by atoms with E-state index < -0.39 is 5.41 Å². The topological polar surface area (TPSA) is 101 Å². The summed E-state index contributed by atoms with van der Waals surface area (Å²) in [7, 11) is 0. The van der Waals surface area contributed by atoms with E-state index in [2.05, 4.69) is 10.5 Å². The van der Waals surface area contributed by atoms with Gasteiger partial charge >= 0.3 is 0 Å². The van der Waals surface area contributed by atoms with Crippen molar-refractivity contribution in [2.75, 3.05) is 0 Å². The highest BCUT2D eigenvalue weighted by molar-refractivity contribution is 6.06. The molecule has 1 atom stereocenters. The Labute approximate surface area is 106 Å². The molecule has 1 aromatic rings. The number of hydrogen-bond acceptors (Lipinski definition) is 4. The van der Waals surface area contributed by atoms with E-state index in [1.54, 1.807) is 19.9 Å². The number of aryl methyl sites for hydroxylation is 1. The van der Waals surface area contributed by atoms with Gasteiger partial charge in [-0.2, -0.15) is 0 Å². The van der Waals surface area contributed by atoms with Crippen LogP contribution < -0.4 is 11.1 Å². The highest BCUT2D eigenvalue weighted by Gasteiger charge is 2.36. The number of nitrogens with two attached hydrogens (primary N) is 1. The van der Waals surface area contributed by atoms with E-state index in [1.807, 2.05) is 13.0 Å². The van der Waals surface area contributed by atoms with Crippen molar-refractivity contribution in [1.82, 2.24) is 5.32 Å². The Hall–Kier alpha value is -1.98. The molecular weight excluding hydrogens is 234 g/mol. The van der Waals surface area contributed by atoms with Crippen LogP contribution in [-0.2, 0) is 11.3 Å². The number of nitrogens with zero attached hydrogens (tertiary/aromatic N) is 1. The normalized spacial score (nSPS) is 15.2. The van der Waals surface area contributed by atoms with Crippen molar-refractivity contribution in [3.63, 3.8) is 0 Å². The number of amidine groups is 1. The fourth-order valence-corrected chi connectivity index (χ4v) is 1.51. The monoisotopic (exact) mass is 253 g/mol. The van der Waals surface area contributed by atoms with Crippen molar-refractivity contribution < 1.29 is 14.4 Å². The third-order valence-corrected chi connectivity index (χ3v) is 3.10. The van der Waals surface area contributed by atoms with E-state index in [0.717, 1.165) is 5.76 Å². The zero-order chi connectivity index (χ0) is 13.8. The summed E-state index contributed by atoms with van der Waals surface area (Å²) in [5, 5.41) is 14.3. The van der Waals surface area contributed by atoms with Gasteiger partial charge in [-0.25, -0.2) is 0 Å². The van der Waals surface area contributed by atoms with E-state index in [0.29, 0.717) is 12.2 Å². The van der Waals surface area contributed by atoms with Gasteiger partial charge in [0.25, 0.3) is 0 Å². The summed E-state index contributed by atoms with van der Waals surface area (Å²) in [4.78, 5) is 12.1. The molecule has 6 heteroatoms. The third-order valence-electron chi connectivity index (χ3n) is 3.10. The first-order chi connectivity index (χ1) is 8.43. The third kappa shape index (κ3) is 2.82. The number of nitrogens with one attached hydrogen (secondary N) is 1. The van der Waals surface area contributed by atoms with Crippen molar-refractivity contribution in [2.24, 2.45) is 16.3 Å². The number of furan rings is 1. The van der Waals surface area contributed by atoms with Crippen molar-refractivity contribution >= 4 is 11.7 Å². The summed E-state index contributed by atoms with van der Waals surface area (Å²) >= 11 is 0. The molecule has 0 aliphatic heterocycles. The van der Waals surface area contributed by atoms with Crippen LogP contribution >= 0.6 is 0 Å². The van der Waals surface area contributed by atoms with Gasteiger partial charge in [0.05, 0.1) is 6.54 Å². The molecule has 1 aromatic heterocycles. The minimum absolute atomic E-state index is 0.0990. The summed E-state index contributed by atoms with van der Waals surface area (Å²) in [5.41, 5.74) is 4.53. The average molecular weight is 253 g/mol. The summed E-state index contributed by atoms with van der Waals surface area (Å²) in [6, 6.07) is 3.62. The van der Waals surface area contributed by atoms with Gasteiger partial charge < -0.3 is 20.7 Å². The lowest BCUT2D eigenvalue weighted by atomic mass is 9.85. The Kier molecular flexibility index (Phi) is 4.36. The first-order valence-electron chi connectivity index (χ1n) is 5.75. The summed E-state index contributed by atoms with van der Waals surface area (Å²) in [5.74, 6) is 1.06. The molecule has 0 saturated carbocycles. The molecule has 18 heavy (non-hydrogen) atoms. The highest BCUT2D eigenvalue weighted by Crippen LogP contribution is 2.21. The van der Waals surface area contributed by atoms with Gasteiger partial charge in [0.15, 0.2) is 5.84 Å². The van der Waals surface area contributed by atoms with Crippen molar-refractivity contribution in [1.29, 1.82) is 0 Å². The van der Waals surface area contributed by atoms with Gasteiger partial charge in [-0.1, -0.05) is 12.1 Å². The van der Waals surface area contributed by atoms with Crippen LogP contribution in [0, 0.1) is 12.3 Å². The van der Waals surface area contributed by atoms with Gasteiger partial charge in [0.1, 0.15) is 16.9 Å². The Morgan fingerprint density at radius 2 is 2.28 bits per heavy atom. The molecule has 4 N–H and O–H groups in total. The molecule has 0 fully saturated rings. The molecule has 0 spiro atoms. The molecule has 6 nitrogen and oxygen atoms in total. The van der Waals surface area contributed by atoms with Crippen LogP contribution in [0.1, 0.15) is 31.8 Å². The van der Waals surface area contributed by atoms with Crippen LogP contribution in [0.5, 0.6) is 0 Å². The lowest BCUT2D eigenvalue weighted by molar-refractivity contribution is -0.127. The molecular formula is C12H19N3O3. The maximum atomic E-state index is 12.1. The van der Waals surface area contributed by atoms with Gasteiger partial charge in [0.2, 0.25) is 5.91 Å². The molecule has 1 heterocycles. The predicted octanol–water partition coefficient (Wildman–Crippen LogP) is 1.37. The number of amides is 1. The number of rotatable bonds is 5. The maximum Gasteiger partial charge on any atom is 0.234 e. The van der Waals surface area contributed by atoms with Crippen LogP contribution in [0.2, 0.25) is 0 Å². The lowest BCUT2D eigenvalue weighted by Crippen LogP contribution is -2.47. The predicted molar refractivity (Wildman–Crippen MR) is 67.1 cm³/mol. The van der Waals surface area contributed by atoms with E-state index in [-0.39, 0.29) is 18.3 Å². The SMILES string of the molecule is CCC(C)(C(=O)NCc1ccc(C)o1)/C(N)=N/O.